The lowest BCUT2D eigenvalue weighted by molar-refractivity contribution is -0.131. The zero-order chi connectivity index (χ0) is 21.8. The zero-order valence-electron chi connectivity index (χ0n) is 17.6. The van der Waals surface area contributed by atoms with Crippen LogP contribution in [0.15, 0.2) is 48.5 Å². The van der Waals surface area contributed by atoms with Crippen LogP contribution in [0.1, 0.15) is 44.1 Å². The smallest absolute Gasteiger partial charge is 0.325 e. The number of nitrogens with one attached hydrogen (secondary N) is 2. The minimum absolute atomic E-state index is 0.139. The predicted molar refractivity (Wildman–Crippen MR) is 117 cm³/mol. The van der Waals surface area contributed by atoms with E-state index in [0.717, 1.165) is 24.2 Å². The van der Waals surface area contributed by atoms with Crippen molar-refractivity contribution in [3.05, 3.63) is 54.1 Å². The molecule has 1 spiro atoms. The van der Waals surface area contributed by atoms with Gasteiger partial charge in [0.1, 0.15) is 17.0 Å². The SMILES string of the molecule is Cc1ccc(Oc2ccc(NC(=O)CCCN3C(=O)NC4(CCCC4)C3=O)cc2)cc1. The highest BCUT2D eigenvalue weighted by Crippen LogP contribution is 2.35. The van der Waals surface area contributed by atoms with Gasteiger partial charge in [-0.15, -0.1) is 0 Å². The average molecular weight is 421 g/mol. The Labute approximate surface area is 181 Å². The fourth-order valence-electron chi connectivity index (χ4n) is 4.17. The Morgan fingerprint density at radius 1 is 1.03 bits per heavy atom. The second-order valence-corrected chi connectivity index (χ2v) is 8.27. The predicted octanol–water partition coefficient (Wildman–Crippen LogP) is 4.37. The van der Waals surface area contributed by atoms with E-state index in [4.69, 9.17) is 4.74 Å². The van der Waals surface area contributed by atoms with Crippen molar-refractivity contribution in [2.75, 3.05) is 11.9 Å². The van der Waals surface area contributed by atoms with Crippen molar-refractivity contribution in [1.82, 2.24) is 10.2 Å². The van der Waals surface area contributed by atoms with Gasteiger partial charge in [0.2, 0.25) is 5.91 Å². The molecule has 0 atom stereocenters. The summed E-state index contributed by atoms with van der Waals surface area (Å²) in [5.41, 5.74) is 1.14. The maximum absolute atomic E-state index is 12.6. The van der Waals surface area contributed by atoms with Crippen LogP contribution in [0.4, 0.5) is 10.5 Å². The van der Waals surface area contributed by atoms with Crippen LogP contribution in [0.25, 0.3) is 0 Å². The van der Waals surface area contributed by atoms with E-state index in [-0.39, 0.29) is 30.8 Å². The van der Waals surface area contributed by atoms with E-state index in [0.29, 0.717) is 30.7 Å². The van der Waals surface area contributed by atoms with Crippen LogP contribution in [0.5, 0.6) is 11.5 Å². The summed E-state index contributed by atoms with van der Waals surface area (Å²) in [4.78, 5) is 38.3. The highest BCUT2D eigenvalue weighted by molar-refractivity contribution is 6.07. The van der Waals surface area contributed by atoms with Gasteiger partial charge in [0, 0.05) is 18.7 Å². The van der Waals surface area contributed by atoms with Gasteiger partial charge in [-0.25, -0.2) is 4.79 Å². The molecular weight excluding hydrogens is 394 g/mol. The number of rotatable bonds is 7. The van der Waals surface area contributed by atoms with Crippen LogP contribution in [-0.4, -0.2) is 34.8 Å². The number of ether oxygens (including phenoxy) is 1. The molecule has 4 amide bonds. The second-order valence-electron chi connectivity index (χ2n) is 8.27. The van der Waals surface area contributed by atoms with Crippen molar-refractivity contribution in [3.8, 4) is 11.5 Å². The van der Waals surface area contributed by atoms with Crippen molar-refractivity contribution in [3.63, 3.8) is 0 Å². The molecule has 31 heavy (non-hydrogen) atoms. The lowest BCUT2D eigenvalue weighted by Crippen LogP contribution is -2.44. The second kappa shape index (κ2) is 8.79. The summed E-state index contributed by atoms with van der Waals surface area (Å²) in [5.74, 6) is 1.14. The van der Waals surface area contributed by atoms with E-state index >= 15 is 0 Å². The Kier molecular flexibility index (Phi) is 5.93. The Morgan fingerprint density at radius 2 is 1.65 bits per heavy atom. The quantitative estimate of drug-likeness (QED) is 0.650. The minimum Gasteiger partial charge on any atom is -0.457 e. The van der Waals surface area contributed by atoms with Crippen molar-refractivity contribution in [1.29, 1.82) is 0 Å². The first-order chi connectivity index (χ1) is 14.9. The lowest BCUT2D eigenvalue weighted by atomic mass is 9.98. The van der Waals surface area contributed by atoms with Gasteiger partial charge in [0.25, 0.3) is 5.91 Å². The summed E-state index contributed by atoms with van der Waals surface area (Å²) in [6.45, 7) is 2.27. The fourth-order valence-corrected chi connectivity index (χ4v) is 4.17. The summed E-state index contributed by atoms with van der Waals surface area (Å²) >= 11 is 0. The number of carbonyl (C=O) groups excluding carboxylic acids is 3. The third-order valence-corrected chi connectivity index (χ3v) is 5.88. The van der Waals surface area contributed by atoms with Gasteiger partial charge in [0.15, 0.2) is 0 Å². The van der Waals surface area contributed by atoms with Gasteiger partial charge >= 0.3 is 6.03 Å². The Morgan fingerprint density at radius 3 is 2.29 bits per heavy atom. The molecular formula is C24H27N3O4. The molecule has 1 aliphatic heterocycles. The minimum atomic E-state index is -0.693. The van der Waals surface area contributed by atoms with E-state index in [9.17, 15) is 14.4 Å². The van der Waals surface area contributed by atoms with Gasteiger partial charge < -0.3 is 15.4 Å². The van der Waals surface area contributed by atoms with E-state index < -0.39 is 5.54 Å². The van der Waals surface area contributed by atoms with Gasteiger partial charge in [-0.3, -0.25) is 14.5 Å². The van der Waals surface area contributed by atoms with Crippen LogP contribution < -0.4 is 15.4 Å². The van der Waals surface area contributed by atoms with Crippen LogP contribution in [0.2, 0.25) is 0 Å². The summed E-state index contributed by atoms with van der Waals surface area (Å²) in [5, 5.41) is 5.70. The first kappa shape index (κ1) is 20.9. The molecule has 2 aromatic carbocycles. The number of urea groups is 1. The molecule has 1 heterocycles. The van der Waals surface area contributed by atoms with Gasteiger partial charge in [0.05, 0.1) is 0 Å². The topological polar surface area (TPSA) is 87.7 Å². The number of nitrogens with zero attached hydrogens (tertiary/aromatic N) is 1. The summed E-state index contributed by atoms with van der Waals surface area (Å²) in [6.07, 6.45) is 3.98. The number of anilines is 1. The number of hydrogen-bond donors (Lipinski definition) is 2. The number of imide groups is 1. The standard InChI is InChI=1S/C24H27N3O4/c1-17-6-10-19(11-7-17)31-20-12-8-18(9-13-20)25-21(28)5-4-16-27-22(29)24(26-23(27)30)14-2-3-15-24/h6-13H,2-5,14-16H2,1H3,(H,25,28)(H,26,30). The van der Waals surface area contributed by atoms with E-state index in [1.807, 2.05) is 31.2 Å². The summed E-state index contributed by atoms with van der Waals surface area (Å²) in [7, 11) is 0. The van der Waals surface area contributed by atoms with Crippen LogP contribution in [0, 0.1) is 6.92 Å². The highest BCUT2D eigenvalue weighted by atomic mass is 16.5. The van der Waals surface area contributed by atoms with Crippen molar-refractivity contribution in [2.24, 2.45) is 0 Å². The van der Waals surface area contributed by atoms with E-state index in [1.54, 1.807) is 24.3 Å². The van der Waals surface area contributed by atoms with Gasteiger partial charge in [-0.1, -0.05) is 30.5 Å². The normalized spacial score (nSPS) is 17.1. The van der Waals surface area contributed by atoms with Crippen molar-refractivity contribution >= 4 is 23.5 Å². The largest absolute Gasteiger partial charge is 0.457 e. The zero-order valence-corrected chi connectivity index (χ0v) is 17.6. The third-order valence-electron chi connectivity index (χ3n) is 5.88. The third kappa shape index (κ3) is 4.71. The lowest BCUT2D eigenvalue weighted by Gasteiger charge is -2.19. The number of aryl methyl sites for hydroxylation is 1. The fraction of sp³-hybridized carbons (Fsp3) is 0.375. The molecule has 1 saturated heterocycles. The number of hydrogen-bond acceptors (Lipinski definition) is 4. The molecule has 1 saturated carbocycles. The first-order valence-electron chi connectivity index (χ1n) is 10.7. The molecule has 2 fully saturated rings. The Balaban J connectivity index is 1.23. The molecule has 7 nitrogen and oxygen atoms in total. The highest BCUT2D eigenvalue weighted by Gasteiger charge is 2.51. The molecule has 2 aliphatic rings. The van der Waals surface area contributed by atoms with Gasteiger partial charge in [-0.05, 0) is 62.6 Å². The summed E-state index contributed by atoms with van der Waals surface area (Å²) in [6, 6.07) is 14.6. The van der Waals surface area contributed by atoms with Crippen LogP contribution >= 0.6 is 0 Å². The van der Waals surface area contributed by atoms with Crippen LogP contribution in [0.3, 0.4) is 0 Å². The van der Waals surface area contributed by atoms with E-state index in [2.05, 4.69) is 10.6 Å². The molecule has 4 rings (SSSR count). The molecule has 0 bridgehead atoms. The van der Waals surface area contributed by atoms with E-state index in [1.165, 1.54) is 4.90 Å². The average Bonchev–Trinajstić information content (AvgIpc) is 3.31. The number of benzene rings is 2. The Bertz CT molecular complexity index is 963. The molecule has 0 radical (unpaired) electrons. The molecule has 2 N–H and O–H groups in total. The molecule has 7 heteroatoms. The molecule has 162 valence electrons. The maximum Gasteiger partial charge on any atom is 0.325 e. The molecule has 0 aromatic heterocycles. The molecule has 0 unspecified atom stereocenters. The first-order valence-corrected chi connectivity index (χ1v) is 10.7. The monoisotopic (exact) mass is 421 g/mol. The van der Waals surface area contributed by atoms with Crippen LogP contribution in [-0.2, 0) is 9.59 Å². The molecule has 2 aromatic rings. The van der Waals surface area contributed by atoms with Gasteiger partial charge in [-0.2, -0.15) is 0 Å². The Hall–Kier alpha value is -3.35. The van der Waals surface area contributed by atoms with Crippen molar-refractivity contribution in [2.45, 2.75) is 51.0 Å². The number of amides is 4. The van der Waals surface area contributed by atoms with Crippen molar-refractivity contribution < 1.29 is 19.1 Å². The summed E-state index contributed by atoms with van der Waals surface area (Å²) < 4.78 is 5.79. The number of carbonyl (C=O) groups is 3. The molecule has 1 aliphatic carbocycles. The maximum atomic E-state index is 12.6.